The Morgan fingerprint density at radius 1 is 1.00 bits per heavy atom. The van der Waals surface area contributed by atoms with E-state index >= 15 is 0 Å². The number of benzene rings is 2. The molecule has 0 fully saturated rings. The van der Waals surface area contributed by atoms with E-state index in [2.05, 4.69) is 10.6 Å². The van der Waals surface area contributed by atoms with Crippen LogP contribution in [0.25, 0.3) is 0 Å². The van der Waals surface area contributed by atoms with Gasteiger partial charge in [-0.25, -0.2) is 0 Å². The second-order valence-electron chi connectivity index (χ2n) is 5.35. The first kappa shape index (κ1) is 15.8. The van der Waals surface area contributed by atoms with Gasteiger partial charge in [0.15, 0.2) is 5.78 Å². The van der Waals surface area contributed by atoms with Crippen LogP contribution in [0.2, 0.25) is 0 Å². The fourth-order valence-electron chi connectivity index (χ4n) is 2.07. The normalized spacial score (nSPS) is 10.1. The van der Waals surface area contributed by atoms with Gasteiger partial charge in [-0.2, -0.15) is 0 Å². The number of Topliss-reactive ketones (excluding diaryl/α,β-unsaturated/α-hetero) is 1. The fourth-order valence-corrected chi connectivity index (χ4v) is 2.07. The van der Waals surface area contributed by atoms with E-state index in [1.54, 1.807) is 24.3 Å². The summed E-state index contributed by atoms with van der Waals surface area (Å²) in [5, 5.41) is 5.94. The third kappa shape index (κ3) is 4.19. The maximum absolute atomic E-state index is 12.0. The number of carbonyl (C=O) groups excluding carboxylic acids is 2. The number of rotatable bonds is 5. The Morgan fingerprint density at radius 2 is 1.68 bits per heavy atom. The van der Waals surface area contributed by atoms with Crippen molar-refractivity contribution in [3.8, 4) is 0 Å². The Kier molecular flexibility index (Phi) is 4.94. The average molecular weight is 296 g/mol. The highest BCUT2D eigenvalue weighted by Gasteiger charge is 2.05. The summed E-state index contributed by atoms with van der Waals surface area (Å²) in [6.07, 6.45) is 0. The van der Waals surface area contributed by atoms with Crippen LogP contribution >= 0.6 is 0 Å². The quantitative estimate of drug-likeness (QED) is 0.829. The first-order valence-corrected chi connectivity index (χ1v) is 7.17. The summed E-state index contributed by atoms with van der Waals surface area (Å²) < 4.78 is 0. The third-order valence-electron chi connectivity index (χ3n) is 3.41. The van der Waals surface area contributed by atoms with Crippen LogP contribution in [0.1, 0.15) is 28.4 Å². The minimum Gasteiger partial charge on any atom is -0.376 e. The predicted octanol–water partition coefficient (Wildman–Crippen LogP) is 3.56. The van der Waals surface area contributed by atoms with Gasteiger partial charge in [-0.05, 0) is 62.2 Å². The summed E-state index contributed by atoms with van der Waals surface area (Å²) in [7, 11) is 0. The molecule has 0 spiro atoms. The number of hydrogen-bond acceptors (Lipinski definition) is 3. The monoisotopic (exact) mass is 296 g/mol. The summed E-state index contributed by atoms with van der Waals surface area (Å²) in [6, 6.07) is 13.0. The lowest BCUT2D eigenvalue weighted by Crippen LogP contribution is -2.22. The lowest BCUT2D eigenvalue weighted by molar-refractivity contribution is -0.114. The van der Waals surface area contributed by atoms with Crippen molar-refractivity contribution in [3.05, 3.63) is 59.2 Å². The van der Waals surface area contributed by atoms with Gasteiger partial charge in [0, 0.05) is 16.9 Å². The molecule has 4 nitrogen and oxygen atoms in total. The van der Waals surface area contributed by atoms with E-state index in [0.29, 0.717) is 5.56 Å². The fraction of sp³-hybridized carbons (Fsp3) is 0.222. The second kappa shape index (κ2) is 6.89. The molecule has 2 rings (SSSR count). The molecule has 22 heavy (non-hydrogen) atoms. The standard InChI is InChI=1S/C18H20N2O2/c1-12-4-5-13(2)17(10-12)20-18(22)11-19-16-8-6-15(7-9-16)14(3)21/h4-10,19H,11H2,1-3H3,(H,20,22). The third-order valence-corrected chi connectivity index (χ3v) is 3.41. The molecular weight excluding hydrogens is 276 g/mol. The van der Waals surface area contributed by atoms with E-state index in [-0.39, 0.29) is 18.2 Å². The molecule has 2 aromatic carbocycles. The largest absolute Gasteiger partial charge is 0.376 e. The van der Waals surface area contributed by atoms with Gasteiger partial charge in [0.05, 0.1) is 6.54 Å². The van der Waals surface area contributed by atoms with Crippen molar-refractivity contribution in [2.24, 2.45) is 0 Å². The minimum atomic E-state index is -0.107. The molecule has 1 amide bonds. The number of amides is 1. The molecule has 2 aromatic rings. The number of nitrogens with one attached hydrogen (secondary N) is 2. The Balaban J connectivity index is 1.92. The van der Waals surface area contributed by atoms with Crippen molar-refractivity contribution in [2.45, 2.75) is 20.8 Å². The van der Waals surface area contributed by atoms with Gasteiger partial charge in [-0.15, -0.1) is 0 Å². The van der Waals surface area contributed by atoms with Crippen LogP contribution in [0.5, 0.6) is 0 Å². The molecule has 0 unspecified atom stereocenters. The van der Waals surface area contributed by atoms with Gasteiger partial charge >= 0.3 is 0 Å². The Hall–Kier alpha value is -2.62. The molecule has 2 N–H and O–H groups in total. The van der Waals surface area contributed by atoms with E-state index in [0.717, 1.165) is 22.5 Å². The molecule has 4 heteroatoms. The second-order valence-corrected chi connectivity index (χ2v) is 5.35. The van der Waals surface area contributed by atoms with Gasteiger partial charge in [0.1, 0.15) is 0 Å². The predicted molar refractivity (Wildman–Crippen MR) is 89.5 cm³/mol. The smallest absolute Gasteiger partial charge is 0.243 e. The molecule has 114 valence electrons. The van der Waals surface area contributed by atoms with E-state index in [4.69, 9.17) is 0 Å². The highest BCUT2D eigenvalue weighted by Crippen LogP contribution is 2.16. The van der Waals surface area contributed by atoms with Gasteiger partial charge in [0.2, 0.25) is 5.91 Å². The lowest BCUT2D eigenvalue weighted by Gasteiger charge is -2.11. The molecular formula is C18H20N2O2. The van der Waals surface area contributed by atoms with Crippen LogP contribution < -0.4 is 10.6 Å². The van der Waals surface area contributed by atoms with Crippen LogP contribution in [0, 0.1) is 13.8 Å². The zero-order valence-electron chi connectivity index (χ0n) is 13.1. The van der Waals surface area contributed by atoms with E-state index in [1.165, 1.54) is 6.92 Å². The average Bonchev–Trinajstić information content (AvgIpc) is 2.49. The molecule has 0 saturated heterocycles. The summed E-state index contributed by atoms with van der Waals surface area (Å²) in [5.41, 5.74) is 4.43. The highest BCUT2D eigenvalue weighted by molar-refractivity contribution is 5.95. The van der Waals surface area contributed by atoms with Crippen LogP contribution in [-0.4, -0.2) is 18.2 Å². The van der Waals surface area contributed by atoms with Crippen molar-refractivity contribution in [2.75, 3.05) is 17.2 Å². The highest BCUT2D eigenvalue weighted by atomic mass is 16.2. The summed E-state index contributed by atoms with van der Waals surface area (Å²) in [6.45, 7) is 5.65. The summed E-state index contributed by atoms with van der Waals surface area (Å²) in [5.74, 6) is -0.0800. The van der Waals surface area contributed by atoms with Gasteiger partial charge in [-0.3, -0.25) is 9.59 Å². The Labute approximate surface area is 130 Å². The zero-order valence-corrected chi connectivity index (χ0v) is 13.1. The van der Waals surface area contributed by atoms with E-state index in [9.17, 15) is 9.59 Å². The molecule has 0 aliphatic carbocycles. The van der Waals surface area contributed by atoms with Crippen molar-refractivity contribution >= 4 is 23.1 Å². The molecule has 0 bridgehead atoms. The molecule has 0 heterocycles. The maximum atomic E-state index is 12.0. The van der Waals surface area contributed by atoms with Gasteiger partial charge in [-0.1, -0.05) is 12.1 Å². The Morgan fingerprint density at radius 3 is 2.32 bits per heavy atom. The number of anilines is 2. The van der Waals surface area contributed by atoms with Crippen LogP contribution in [0.3, 0.4) is 0 Å². The number of carbonyl (C=O) groups is 2. The minimum absolute atomic E-state index is 0.0271. The molecule has 0 radical (unpaired) electrons. The topological polar surface area (TPSA) is 58.2 Å². The lowest BCUT2D eigenvalue weighted by atomic mass is 10.1. The molecule has 0 atom stereocenters. The number of aryl methyl sites for hydroxylation is 2. The van der Waals surface area contributed by atoms with Crippen LogP contribution in [0.4, 0.5) is 11.4 Å². The van der Waals surface area contributed by atoms with E-state index in [1.807, 2.05) is 32.0 Å². The first-order chi connectivity index (χ1) is 10.5. The first-order valence-electron chi connectivity index (χ1n) is 7.17. The van der Waals surface area contributed by atoms with Crippen molar-refractivity contribution in [3.63, 3.8) is 0 Å². The molecule has 0 saturated carbocycles. The maximum Gasteiger partial charge on any atom is 0.243 e. The van der Waals surface area contributed by atoms with Crippen LogP contribution in [-0.2, 0) is 4.79 Å². The SMILES string of the molecule is CC(=O)c1ccc(NCC(=O)Nc2cc(C)ccc2C)cc1. The van der Waals surface area contributed by atoms with Crippen molar-refractivity contribution in [1.29, 1.82) is 0 Å². The number of ketones is 1. The van der Waals surface area contributed by atoms with Crippen molar-refractivity contribution < 1.29 is 9.59 Å². The molecule has 0 aromatic heterocycles. The zero-order chi connectivity index (χ0) is 16.1. The number of hydrogen-bond donors (Lipinski definition) is 2. The van der Waals surface area contributed by atoms with E-state index < -0.39 is 0 Å². The van der Waals surface area contributed by atoms with Crippen molar-refractivity contribution in [1.82, 2.24) is 0 Å². The summed E-state index contributed by atoms with van der Waals surface area (Å²) in [4.78, 5) is 23.2. The molecule has 0 aliphatic rings. The Bertz CT molecular complexity index is 691. The van der Waals surface area contributed by atoms with Crippen LogP contribution in [0.15, 0.2) is 42.5 Å². The molecule has 0 aliphatic heterocycles. The van der Waals surface area contributed by atoms with Gasteiger partial charge < -0.3 is 10.6 Å². The summed E-state index contributed by atoms with van der Waals surface area (Å²) >= 11 is 0. The van der Waals surface area contributed by atoms with Gasteiger partial charge in [0.25, 0.3) is 0 Å².